The van der Waals surface area contributed by atoms with Crippen LogP contribution in [0.2, 0.25) is 0 Å². The third-order valence-electron chi connectivity index (χ3n) is 3.38. The zero-order valence-corrected chi connectivity index (χ0v) is 15.0. The van der Waals surface area contributed by atoms with Gasteiger partial charge >= 0.3 is 0 Å². The van der Waals surface area contributed by atoms with Crippen LogP contribution >= 0.6 is 12.2 Å². The van der Waals surface area contributed by atoms with E-state index in [1.165, 1.54) is 4.90 Å². The Labute approximate surface area is 151 Å². The van der Waals surface area contributed by atoms with Crippen LogP contribution in [0.15, 0.2) is 48.5 Å². The summed E-state index contributed by atoms with van der Waals surface area (Å²) in [4.78, 5) is 25.5. The van der Waals surface area contributed by atoms with Gasteiger partial charge in [-0.2, -0.15) is 0 Å². The molecule has 25 heavy (non-hydrogen) atoms. The van der Waals surface area contributed by atoms with E-state index in [0.29, 0.717) is 22.6 Å². The average Bonchev–Trinajstić information content (AvgIpc) is 2.61. The van der Waals surface area contributed by atoms with Crippen molar-refractivity contribution in [3.63, 3.8) is 0 Å². The molecule has 0 radical (unpaired) electrons. The van der Waals surface area contributed by atoms with E-state index in [9.17, 15) is 9.59 Å². The lowest BCUT2D eigenvalue weighted by Gasteiger charge is -2.12. The highest BCUT2D eigenvalue weighted by Gasteiger charge is 2.10. The van der Waals surface area contributed by atoms with E-state index in [2.05, 4.69) is 10.6 Å². The summed E-state index contributed by atoms with van der Waals surface area (Å²) >= 11 is 5.14. The number of hydrogen-bond donors (Lipinski definition) is 2. The lowest BCUT2D eigenvalue weighted by molar-refractivity contribution is 0.0827. The molecule has 0 aliphatic heterocycles. The quantitative estimate of drug-likeness (QED) is 0.823. The van der Waals surface area contributed by atoms with Gasteiger partial charge in [-0.05, 0) is 60.7 Å². The highest BCUT2D eigenvalue weighted by Crippen LogP contribution is 2.12. The Morgan fingerprint density at radius 3 is 2.04 bits per heavy atom. The number of carbonyl (C=O) groups is 2. The first kappa shape index (κ1) is 18.4. The summed E-state index contributed by atoms with van der Waals surface area (Å²) in [6.45, 7) is 0. The SMILES string of the molecule is COc1ccc(C(=O)NC(=S)Nc2ccc(C(=O)N(C)C)cc2)cc1. The summed E-state index contributed by atoms with van der Waals surface area (Å²) in [5, 5.41) is 5.69. The first-order valence-corrected chi connectivity index (χ1v) is 7.89. The summed E-state index contributed by atoms with van der Waals surface area (Å²) in [6, 6.07) is 13.5. The molecule has 2 rings (SSSR count). The van der Waals surface area contributed by atoms with Gasteiger partial charge in [0.1, 0.15) is 5.75 Å². The monoisotopic (exact) mass is 357 g/mol. The second-order valence-electron chi connectivity index (χ2n) is 5.41. The van der Waals surface area contributed by atoms with Crippen molar-refractivity contribution in [1.82, 2.24) is 10.2 Å². The number of nitrogens with one attached hydrogen (secondary N) is 2. The topological polar surface area (TPSA) is 70.7 Å². The van der Waals surface area contributed by atoms with Crippen LogP contribution in [0.1, 0.15) is 20.7 Å². The fraction of sp³-hybridized carbons (Fsp3) is 0.167. The third-order valence-corrected chi connectivity index (χ3v) is 3.58. The van der Waals surface area contributed by atoms with Gasteiger partial charge in [0, 0.05) is 30.9 Å². The number of thiocarbonyl (C=S) groups is 1. The van der Waals surface area contributed by atoms with Crippen LogP contribution in [-0.4, -0.2) is 43.0 Å². The molecule has 0 bridgehead atoms. The number of methoxy groups -OCH3 is 1. The molecule has 0 atom stereocenters. The molecule has 2 aromatic rings. The van der Waals surface area contributed by atoms with E-state index in [0.717, 1.165) is 0 Å². The summed E-state index contributed by atoms with van der Waals surface area (Å²) in [5.74, 6) is 0.270. The number of benzene rings is 2. The molecule has 130 valence electrons. The zero-order valence-electron chi connectivity index (χ0n) is 14.2. The minimum Gasteiger partial charge on any atom is -0.497 e. The minimum atomic E-state index is -0.320. The second-order valence-corrected chi connectivity index (χ2v) is 5.82. The van der Waals surface area contributed by atoms with Crippen LogP contribution in [0.3, 0.4) is 0 Å². The predicted octanol–water partition coefficient (Wildman–Crippen LogP) is 2.52. The maximum atomic E-state index is 12.1. The molecule has 2 N–H and O–H groups in total. The first-order valence-electron chi connectivity index (χ1n) is 7.49. The van der Waals surface area contributed by atoms with Gasteiger partial charge < -0.3 is 15.0 Å². The maximum Gasteiger partial charge on any atom is 0.257 e. The van der Waals surface area contributed by atoms with Crippen LogP contribution < -0.4 is 15.4 Å². The van der Waals surface area contributed by atoms with Gasteiger partial charge in [-0.15, -0.1) is 0 Å². The van der Waals surface area contributed by atoms with Crippen LogP contribution in [0.4, 0.5) is 5.69 Å². The van der Waals surface area contributed by atoms with Gasteiger partial charge in [0.15, 0.2) is 5.11 Å². The zero-order chi connectivity index (χ0) is 18.4. The maximum absolute atomic E-state index is 12.1. The summed E-state index contributed by atoms with van der Waals surface area (Å²) < 4.78 is 5.05. The molecule has 2 amide bonds. The van der Waals surface area contributed by atoms with Gasteiger partial charge in [-0.1, -0.05) is 0 Å². The van der Waals surface area contributed by atoms with Crippen molar-refractivity contribution in [1.29, 1.82) is 0 Å². The van der Waals surface area contributed by atoms with Crippen molar-refractivity contribution >= 4 is 34.8 Å². The lowest BCUT2D eigenvalue weighted by Crippen LogP contribution is -2.34. The van der Waals surface area contributed by atoms with Crippen LogP contribution in [-0.2, 0) is 0 Å². The number of amides is 2. The molecule has 0 aliphatic rings. The van der Waals surface area contributed by atoms with Crippen molar-refractivity contribution < 1.29 is 14.3 Å². The van der Waals surface area contributed by atoms with Crippen LogP contribution in [0.5, 0.6) is 5.75 Å². The number of hydrogen-bond acceptors (Lipinski definition) is 4. The molecule has 7 heteroatoms. The molecule has 0 saturated carbocycles. The molecule has 6 nitrogen and oxygen atoms in total. The Bertz CT molecular complexity index is 771. The molecule has 0 unspecified atom stereocenters. The number of anilines is 1. The van der Waals surface area contributed by atoms with Crippen molar-refractivity contribution in [2.45, 2.75) is 0 Å². The van der Waals surface area contributed by atoms with E-state index in [1.54, 1.807) is 69.7 Å². The Hall–Kier alpha value is -2.93. The van der Waals surface area contributed by atoms with Crippen molar-refractivity contribution in [3.8, 4) is 5.75 Å². The number of ether oxygens (including phenoxy) is 1. The Morgan fingerprint density at radius 1 is 0.960 bits per heavy atom. The Kier molecular flexibility index (Phi) is 6.08. The average molecular weight is 357 g/mol. The summed E-state index contributed by atoms with van der Waals surface area (Å²) in [5.41, 5.74) is 1.72. The molecule has 0 spiro atoms. The van der Waals surface area contributed by atoms with Gasteiger partial charge in [0.2, 0.25) is 0 Å². The molecule has 0 fully saturated rings. The van der Waals surface area contributed by atoms with E-state index in [4.69, 9.17) is 17.0 Å². The molecule has 0 saturated heterocycles. The number of nitrogens with zero attached hydrogens (tertiary/aromatic N) is 1. The van der Waals surface area contributed by atoms with Crippen LogP contribution in [0, 0.1) is 0 Å². The van der Waals surface area contributed by atoms with Gasteiger partial charge in [0.05, 0.1) is 7.11 Å². The van der Waals surface area contributed by atoms with E-state index in [-0.39, 0.29) is 16.9 Å². The minimum absolute atomic E-state index is 0.0815. The third kappa shape index (κ3) is 5.02. The molecule has 0 heterocycles. The predicted molar refractivity (Wildman–Crippen MR) is 101 cm³/mol. The number of carbonyl (C=O) groups excluding carboxylic acids is 2. The highest BCUT2D eigenvalue weighted by molar-refractivity contribution is 7.80. The lowest BCUT2D eigenvalue weighted by atomic mass is 10.2. The van der Waals surface area contributed by atoms with Crippen LogP contribution in [0.25, 0.3) is 0 Å². The van der Waals surface area contributed by atoms with Crippen molar-refractivity contribution in [3.05, 3.63) is 59.7 Å². The molecule has 0 aliphatic carbocycles. The molecule has 0 aromatic heterocycles. The second kappa shape index (κ2) is 8.25. The molecule has 2 aromatic carbocycles. The van der Waals surface area contributed by atoms with Gasteiger partial charge in [-0.3, -0.25) is 14.9 Å². The Balaban J connectivity index is 1.95. The van der Waals surface area contributed by atoms with E-state index in [1.807, 2.05) is 0 Å². The van der Waals surface area contributed by atoms with Gasteiger partial charge in [0.25, 0.3) is 11.8 Å². The summed E-state index contributed by atoms with van der Waals surface area (Å²) in [7, 11) is 4.95. The fourth-order valence-corrected chi connectivity index (χ4v) is 2.24. The molecular formula is C18H19N3O3S. The normalized spacial score (nSPS) is 9.88. The summed E-state index contributed by atoms with van der Waals surface area (Å²) in [6.07, 6.45) is 0. The molecular weight excluding hydrogens is 338 g/mol. The largest absolute Gasteiger partial charge is 0.497 e. The standard InChI is InChI=1S/C18H19N3O3S/c1-21(2)17(23)13-4-8-14(9-5-13)19-18(25)20-16(22)12-6-10-15(24-3)11-7-12/h4-11H,1-3H3,(H2,19,20,22,25). The first-order chi connectivity index (χ1) is 11.9. The highest BCUT2D eigenvalue weighted by atomic mass is 32.1. The smallest absolute Gasteiger partial charge is 0.257 e. The van der Waals surface area contributed by atoms with E-state index < -0.39 is 0 Å². The fourth-order valence-electron chi connectivity index (χ4n) is 2.03. The number of rotatable bonds is 4. The van der Waals surface area contributed by atoms with Gasteiger partial charge in [-0.25, -0.2) is 0 Å². The Morgan fingerprint density at radius 2 is 1.52 bits per heavy atom. The van der Waals surface area contributed by atoms with Crippen molar-refractivity contribution in [2.24, 2.45) is 0 Å². The van der Waals surface area contributed by atoms with Crippen molar-refractivity contribution in [2.75, 3.05) is 26.5 Å². The van der Waals surface area contributed by atoms with E-state index >= 15 is 0 Å².